The first kappa shape index (κ1) is 22.6. The van der Waals surface area contributed by atoms with Crippen LogP contribution in [0.5, 0.6) is 5.75 Å². The van der Waals surface area contributed by atoms with Gasteiger partial charge in [-0.2, -0.15) is 0 Å². The highest BCUT2D eigenvalue weighted by atomic mass is 16.4. The number of benzene rings is 2. The van der Waals surface area contributed by atoms with E-state index in [0.29, 0.717) is 23.5 Å². The highest BCUT2D eigenvalue weighted by Crippen LogP contribution is 2.43. The van der Waals surface area contributed by atoms with Crippen LogP contribution in [0.25, 0.3) is 0 Å². The quantitative estimate of drug-likeness (QED) is 0.381. The van der Waals surface area contributed by atoms with Crippen molar-refractivity contribution in [2.45, 2.75) is 71.1 Å². The number of phenolic OH excluding ortho intramolecular Hbond substituents is 1. The Balaban J connectivity index is 1.52. The Morgan fingerprint density at radius 2 is 1.69 bits per heavy atom. The average molecular weight is 432 g/mol. The Hall–Kier alpha value is -2.55. The molecule has 1 heterocycles. The number of nitrogens with zero attached hydrogens (tertiary/aromatic N) is 1. The van der Waals surface area contributed by atoms with Gasteiger partial charge in [-0.3, -0.25) is 0 Å². The van der Waals surface area contributed by atoms with E-state index in [0.717, 1.165) is 36.5 Å². The van der Waals surface area contributed by atoms with Crippen LogP contribution in [0.15, 0.2) is 65.2 Å². The molecule has 4 rings (SSSR count). The molecule has 0 spiro atoms. The van der Waals surface area contributed by atoms with Gasteiger partial charge >= 0.3 is 0 Å². The molecular formula is C29H37NO2. The molecule has 3 heteroatoms. The second-order valence-electron chi connectivity index (χ2n) is 9.83. The number of aromatic hydroxyl groups is 1. The molecule has 3 nitrogen and oxygen atoms in total. The van der Waals surface area contributed by atoms with Gasteiger partial charge in [0.1, 0.15) is 11.5 Å². The number of hydrogen-bond acceptors (Lipinski definition) is 3. The second kappa shape index (κ2) is 10.8. The van der Waals surface area contributed by atoms with Crippen LogP contribution in [0, 0.1) is 17.8 Å². The van der Waals surface area contributed by atoms with Crippen LogP contribution in [-0.2, 0) is 12.8 Å². The number of para-hydroxylation sites is 1. The van der Waals surface area contributed by atoms with Gasteiger partial charge in [-0.25, -0.2) is 4.98 Å². The van der Waals surface area contributed by atoms with E-state index in [2.05, 4.69) is 44.2 Å². The predicted octanol–water partition coefficient (Wildman–Crippen LogP) is 7.54. The summed E-state index contributed by atoms with van der Waals surface area (Å²) < 4.78 is 6.42. The first-order chi connectivity index (χ1) is 15.6. The van der Waals surface area contributed by atoms with Gasteiger partial charge in [0, 0.05) is 12.0 Å². The van der Waals surface area contributed by atoms with Crippen LogP contribution < -0.4 is 0 Å². The smallest absolute Gasteiger partial charge is 0.202 e. The fraction of sp³-hybridized carbons (Fsp3) is 0.483. The van der Waals surface area contributed by atoms with Crippen molar-refractivity contribution in [1.29, 1.82) is 0 Å². The van der Waals surface area contributed by atoms with E-state index in [1.165, 1.54) is 37.7 Å². The van der Waals surface area contributed by atoms with Gasteiger partial charge in [0.05, 0.1) is 12.1 Å². The molecule has 0 aliphatic heterocycles. The predicted molar refractivity (Wildman–Crippen MR) is 130 cm³/mol. The first-order valence-electron chi connectivity index (χ1n) is 12.4. The molecule has 0 bridgehead atoms. The van der Waals surface area contributed by atoms with E-state index >= 15 is 0 Å². The molecule has 32 heavy (non-hydrogen) atoms. The summed E-state index contributed by atoms with van der Waals surface area (Å²) in [5, 5.41) is 10.6. The number of rotatable bonds is 9. The van der Waals surface area contributed by atoms with Crippen molar-refractivity contribution in [2.24, 2.45) is 17.8 Å². The zero-order valence-electron chi connectivity index (χ0n) is 19.5. The van der Waals surface area contributed by atoms with E-state index in [1.807, 2.05) is 24.4 Å². The van der Waals surface area contributed by atoms with Crippen molar-refractivity contribution in [3.05, 3.63) is 83.6 Å². The average Bonchev–Trinajstić information content (AvgIpc) is 3.27. The minimum Gasteiger partial charge on any atom is -0.508 e. The summed E-state index contributed by atoms with van der Waals surface area (Å²) in [7, 11) is 0. The van der Waals surface area contributed by atoms with Crippen LogP contribution in [0.1, 0.15) is 81.1 Å². The molecule has 1 saturated carbocycles. The third-order valence-corrected chi connectivity index (χ3v) is 7.28. The summed E-state index contributed by atoms with van der Waals surface area (Å²) in [6.45, 7) is 4.61. The van der Waals surface area contributed by atoms with Crippen molar-refractivity contribution < 1.29 is 9.52 Å². The van der Waals surface area contributed by atoms with Crippen LogP contribution in [0.3, 0.4) is 0 Å². The number of aromatic nitrogens is 1. The maximum atomic E-state index is 10.6. The summed E-state index contributed by atoms with van der Waals surface area (Å²) in [5.74, 6) is 3.75. The standard InChI is InChI=1S/C29H37NO2/c1-21(2)24(18-17-22-11-5-3-6-12-22)19-25-20-30-29(32-25)28(23-13-7-4-8-14-23)26-15-9-10-16-27(26)31/h3,5-6,9-12,15-16,20-21,23-24,28,31H,4,7-8,13-14,17-19H2,1-2H3/t24?,28-/m1/s1. The highest BCUT2D eigenvalue weighted by molar-refractivity contribution is 5.38. The lowest BCUT2D eigenvalue weighted by Crippen LogP contribution is -2.18. The number of hydrogen-bond donors (Lipinski definition) is 1. The molecule has 1 aliphatic carbocycles. The Morgan fingerprint density at radius 3 is 2.41 bits per heavy atom. The molecule has 1 aromatic heterocycles. The highest BCUT2D eigenvalue weighted by Gasteiger charge is 2.32. The van der Waals surface area contributed by atoms with E-state index in [4.69, 9.17) is 9.40 Å². The molecule has 2 aromatic carbocycles. The maximum absolute atomic E-state index is 10.6. The molecule has 2 atom stereocenters. The van der Waals surface area contributed by atoms with E-state index < -0.39 is 0 Å². The summed E-state index contributed by atoms with van der Waals surface area (Å²) in [4.78, 5) is 4.76. The van der Waals surface area contributed by atoms with E-state index in [1.54, 1.807) is 6.07 Å². The van der Waals surface area contributed by atoms with Gasteiger partial charge in [-0.05, 0) is 55.1 Å². The fourth-order valence-corrected chi connectivity index (χ4v) is 5.29. The summed E-state index contributed by atoms with van der Waals surface area (Å²) in [5.41, 5.74) is 2.35. The zero-order valence-corrected chi connectivity index (χ0v) is 19.5. The zero-order chi connectivity index (χ0) is 22.3. The van der Waals surface area contributed by atoms with E-state index in [-0.39, 0.29) is 5.92 Å². The molecule has 1 aliphatic rings. The van der Waals surface area contributed by atoms with Crippen molar-refractivity contribution in [1.82, 2.24) is 4.98 Å². The molecule has 1 N–H and O–H groups in total. The maximum Gasteiger partial charge on any atom is 0.202 e. The van der Waals surface area contributed by atoms with Crippen LogP contribution in [0.4, 0.5) is 0 Å². The van der Waals surface area contributed by atoms with Crippen LogP contribution in [0.2, 0.25) is 0 Å². The SMILES string of the molecule is CC(C)C(CCc1ccccc1)Cc1cnc([C@@H](c2ccccc2O)C2CCCCC2)o1. The molecule has 0 radical (unpaired) electrons. The largest absolute Gasteiger partial charge is 0.508 e. The molecule has 170 valence electrons. The summed E-state index contributed by atoms with van der Waals surface area (Å²) in [6.07, 6.45) is 11.2. The monoisotopic (exact) mass is 431 g/mol. The first-order valence-corrected chi connectivity index (χ1v) is 12.4. The van der Waals surface area contributed by atoms with Crippen molar-refractivity contribution in [3.8, 4) is 5.75 Å². The number of aryl methyl sites for hydroxylation is 1. The number of phenols is 1. The second-order valence-corrected chi connectivity index (χ2v) is 9.83. The lowest BCUT2D eigenvalue weighted by atomic mass is 9.76. The van der Waals surface area contributed by atoms with Gasteiger partial charge in [0.25, 0.3) is 0 Å². The molecule has 3 aromatic rings. The van der Waals surface area contributed by atoms with Gasteiger partial charge < -0.3 is 9.52 Å². The lowest BCUT2D eigenvalue weighted by molar-refractivity contribution is 0.278. The minimum absolute atomic E-state index is 0.0343. The topological polar surface area (TPSA) is 46.3 Å². The van der Waals surface area contributed by atoms with Crippen molar-refractivity contribution >= 4 is 0 Å². The molecule has 1 unspecified atom stereocenters. The fourth-order valence-electron chi connectivity index (χ4n) is 5.29. The number of oxazole rings is 1. The minimum atomic E-state index is 0.0343. The summed E-state index contributed by atoms with van der Waals surface area (Å²) >= 11 is 0. The Kier molecular flexibility index (Phi) is 7.68. The van der Waals surface area contributed by atoms with Crippen LogP contribution >= 0.6 is 0 Å². The van der Waals surface area contributed by atoms with Gasteiger partial charge in [-0.15, -0.1) is 0 Å². The van der Waals surface area contributed by atoms with Crippen LogP contribution in [-0.4, -0.2) is 10.1 Å². The Labute approximate surface area is 192 Å². The van der Waals surface area contributed by atoms with Gasteiger partial charge in [0.2, 0.25) is 5.89 Å². The Morgan fingerprint density at radius 1 is 0.969 bits per heavy atom. The molecular weight excluding hydrogens is 394 g/mol. The van der Waals surface area contributed by atoms with Gasteiger partial charge in [0.15, 0.2) is 0 Å². The van der Waals surface area contributed by atoms with E-state index in [9.17, 15) is 5.11 Å². The third-order valence-electron chi connectivity index (χ3n) is 7.28. The lowest BCUT2D eigenvalue weighted by Gasteiger charge is -2.29. The normalized spacial score (nSPS) is 16.8. The Bertz CT molecular complexity index is 956. The molecule has 1 fully saturated rings. The van der Waals surface area contributed by atoms with Crippen molar-refractivity contribution in [2.75, 3.05) is 0 Å². The third kappa shape index (κ3) is 5.62. The molecule has 0 amide bonds. The summed E-state index contributed by atoms with van der Waals surface area (Å²) in [6, 6.07) is 18.5. The van der Waals surface area contributed by atoms with Gasteiger partial charge in [-0.1, -0.05) is 81.6 Å². The molecule has 0 saturated heterocycles. The van der Waals surface area contributed by atoms with Crippen molar-refractivity contribution in [3.63, 3.8) is 0 Å².